The van der Waals surface area contributed by atoms with Crippen molar-refractivity contribution in [2.75, 3.05) is 0 Å². The fourth-order valence-corrected chi connectivity index (χ4v) is 10.6. The summed E-state index contributed by atoms with van der Waals surface area (Å²) in [7, 11) is 0. The summed E-state index contributed by atoms with van der Waals surface area (Å²) in [6.07, 6.45) is 7.13. The van der Waals surface area contributed by atoms with Crippen LogP contribution >= 0.6 is 0 Å². The van der Waals surface area contributed by atoms with E-state index < -0.39 is 0 Å². The molecule has 4 fully saturated rings. The van der Waals surface area contributed by atoms with Gasteiger partial charge in [0.2, 0.25) is 5.89 Å². The second-order valence-corrected chi connectivity index (χ2v) is 14.0. The van der Waals surface area contributed by atoms with E-state index in [1.54, 1.807) is 11.1 Å². The number of fused-ring (bicyclic) bond motifs is 7. The molecule has 6 aliphatic rings. The molecule has 0 saturated heterocycles. The number of benzene rings is 4. The van der Waals surface area contributed by atoms with Crippen LogP contribution in [-0.2, 0) is 10.8 Å². The lowest BCUT2D eigenvalue weighted by molar-refractivity contribution is -0.0399. The first kappa shape index (κ1) is 22.1. The van der Waals surface area contributed by atoms with Crippen LogP contribution < -0.4 is 0 Å². The molecule has 2 nitrogen and oxygen atoms in total. The fraction of sp³-hybridized carbons (Fsp3) is 0.342. The minimum atomic E-state index is -0.0868. The maximum Gasteiger partial charge on any atom is 0.227 e. The number of oxazole rings is 1. The van der Waals surface area contributed by atoms with Crippen molar-refractivity contribution in [1.29, 1.82) is 0 Å². The average Bonchev–Trinajstić information content (AvgIpc) is 3.59. The Morgan fingerprint density at radius 3 is 2.10 bits per heavy atom. The number of hydrogen-bond acceptors (Lipinski definition) is 2. The van der Waals surface area contributed by atoms with Crippen molar-refractivity contribution in [3.05, 3.63) is 101 Å². The molecule has 196 valence electrons. The van der Waals surface area contributed by atoms with E-state index in [1.165, 1.54) is 65.5 Å². The molecule has 40 heavy (non-hydrogen) atoms. The van der Waals surface area contributed by atoms with Gasteiger partial charge in [0.15, 0.2) is 5.58 Å². The Morgan fingerprint density at radius 1 is 0.625 bits per heavy atom. The lowest BCUT2D eigenvalue weighted by atomic mass is 9.43. The average molecular weight is 520 g/mol. The molecule has 6 aliphatic carbocycles. The predicted octanol–water partition coefficient (Wildman–Crippen LogP) is 9.52. The third kappa shape index (κ3) is 2.47. The van der Waals surface area contributed by atoms with E-state index >= 15 is 0 Å². The van der Waals surface area contributed by atoms with E-state index in [1.807, 2.05) is 24.3 Å². The Hall–Kier alpha value is -3.65. The molecule has 4 aromatic carbocycles. The van der Waals surface area contributed by atoms with Gasteiger partial charge >= 0.3 is 0 Å². The van der Waals surface area contributed by atoms with Gasteiger partial charge in [0.25, 0.3) is 0 Å². The fourth-order valence-electron chi connectivity index (χ4n) is 10.6. The Bertz CT molecular complexity index is 1840. The third-order valence-electron chi connectivity index (χ3n) is 11.9. The Labute approximate surface area is 235 Å². The van der Waals surface area contributed by atoms with Crippen LogP contribution in [0.2, 0.25) is 0 Å². The Morgan fingerprint density at radius 2 is 1.30 bits per heavy atom. The molecule has 2 heteroatoms. The van der Waals surface area contributed by atoms with Crippen molar-refractivity contribution in [3.8, 4) is 33.7 Å². The molecule has 0 radical (unpaired) electrons. The van der Waals surface area contributed by atoms with Crippen LogP contribution in [0.4, 0.5) is 0 Å². The van der Waals surface area contributed by atoms with Crippen molar-refractivity contribution < 1.29 is 4.42 Å². The molecule has 4 saturated carbocycles. The van der Waals surface area contributed by atoms with Gasteiger partial charge in [-0.05, 0) is 131 Å². The molecule has 0 aliphatic heterocycles. The quantitative estimate of drug-likeness (QED) is 0.220. The van der Waals surface area contributed by atoms with Crippen molar-refractivity contribution in [2.45, 2.75) is 56.8 Å². The van der Waals surface area contributed by atoms with E-state index in [0.29, 0.717) is 0 Å². The van der Waals surface area contributed by atoms with Crippen molar-refractivity contribution in [2.24, 2.45) is 23.7 Å². The maximum atomic E-state index is 6.38. The summed E-state index contributed by atoms with van der Waals surface area (Å²) in [6, 6.07) is 29.6. The Kier molecular flexibility index (Phi) is 3.95. The number of aromatic nitrogens is 1. The standard InChI is InChI=1S/C38H33NO/c1-37(2)30-11-7-9-26(36-39-33-12-5-6-13-34(33)40-36)35(30)28-20-32-27(19-31(28)37)25-8-3-4-10-29(25)38(32)23-15-21-14-22(17-23)18-24(38)16-21/h3-13,19-24H,14-18H2,1-2H3. The Balaban J connectivity index is 1.26. The van der Waals surface area contributed by atoms with Crippen molar-refractivity contribution in [3.63, 3.8) is 0 Å². The van der Waals surface area contributed by atoms with Crippen LogP contribution in [0, 0.1) is 23.7 Å². The van der Waals surface area contributed by atoms with E-state index in [-0.39, 0.29) is 10.8 Å². The first-order chi connectivity index (χ1) is 19.5. The zero-order valence-corrected chi connectivity index (χ0v) is 23.2. The lowest BCUT2D eigenvalue weighted by Gasteiger charge is -2.61. The summed E-state index contributed by atoms with van der Waals surface area (Å²) in [5.41, 5.74) is 14.8. The van der Waals surface area contributed by atoms with Crippen LogP contribution in [0.15, 0.2) is 83.3 Å². The van der Waals surface area contributed by atoms with E-state index in [2.05, 4.69) is 68.4 Å². The van der Waals surface area contributed by atoms with E-state index in [4.69, 9.17) is 9.40 Å². The molecular formula is C38H33NO. The smallest absolute Gasteiger partial charge is 0.227 e. The summed E-state index contributed by atoms with van der Waals surface area (Å²) >= 11 is 0. The van der Waals surface area contributed by atoms with Gasteiger partial charge in [-0.2, -0.15) is 0 Å². The molecule has 11 rings (SSSR count). The highest BCUT2D eigenvalue weighted by atomic mass is 16.3. The summed E-state index contributed by atoms with van der Waals surface area (Å²) in [5.74, 6) is 4.17. The lowest BCUT2D eigenvalue weighted by Crippen LogP contribution is -2.55. The molecule has 5 aromatic rings. The minimum absolute atomic E-state index is 0.0868. The van der Waals surface area contributed by atoms with Gasteiger partial charge in [0.1, 0.15) is 5.52 Å². The van der Waals surface area contributed by atoms with Crippen molar-refractivity contribution in [1.82, 2.24) is 4.98 Å². The molecule has 0 unspecified atom stereocenters. The van der Waals surface area contributed by atoms with Crippen LogP contribution in [0.5, 0.6) is 0 Å². The van der Waals surface area contributed by atoms with Crippen LogP contribution in [0.3, 0.4) is 0 Å². The first-order valence-electron chi connectivity index (χ1n) is 15.3. The predicted molar refractivity (Wildman–Crippen MR) is 160 cm³/mol. The minimum Gasteiger partial charge on any atom is -0.436 e. The molecule has 1 heterocycles. The molecule has 1 aromatic heterocycles. The van der Waals surface area contributed by atoms with Crippen molar-refractivity contribution >= 4 is 11.1 Å². The highest BCUT2D eigenvalue weighted by molar-refractivity contribution is 5.95. The van der Waals surface area contributed by atoms with Gasteiger partial charge < -0.3 is 4.42 Å². The zero-order valence-electron chi connectivity index (χ0n) is 23.2. The van der Waals surface area contributed by atoms with Crippen LogP contribution in [-0.4, -0.2) is 4.98 Å². The molecular weight excluding hydrogens is 486 g/mol. The summed E-state index contributed by atoms with van der Waals surface area (Å²) in [4.78, 5) is 4.96. The highest BCUT2D eigenvalue weighted by Gasteiger charge is 2.62. The highest BCUT2D eigenvalue weighted by Crippen LogP contribution is 2.70. The van der Waals surface area contributed by atoms with Gasteiger partial charge in [-0.25, -0.2) is 4.98 Å². The van der Waals surface area contributed by atoms with E-state index in [9.17, 15) is 0 Å². The zero-order chi connectivity index (χ0) is 26.4. The topological polar surface area (TPSA) is 26.0 Å². The second-order valence-electron chi connectivity index (χ2n) is 14.0. The van der Waals surface area contributed by atoms with Crippen LogP contribution in [0.25, 0.3) is 44.8 Å². The molecule has 1 spiro atoms. The first-order valence-corrected chi connectivity index (χ1v) is 15.3. The van der Waals surface area contributed by atoms with E-state index in [0.717, 1.165) is 46.2 Å². The van der Waals surface area contributed by atoms with Gasteiger partial charge in [-0.1, -0.05) is 62.4 Å². The molecule has 4 bridgehead atoms. The van der Waals surface area contributed by atoms with Gasteiger partial charge in [-0.3, -0.25) is 0 Å². The largest absolute Gasteiger partial charge is 0.436 e. The van der Waals surface area contributed by atoms with Gasteiger partial charge in [0.05, 0.1) is 0 Å². The molecule has 0 atom stereocenters. The number of rotatable bonds is 1. The summed E-state index contributed by atoms with van der Waals surface area (Å²) in [5, 5.41) is 0. The molecule has 0 amide bonds. The third-order valence-corrected chi connectivity index (χ3v) is 11.9. The number of nitrogens with zero attached hydrogens (tertiary/aromatic N) is 1. The monoisotopic (exact) mass is 519 g/mol. The van der Waals surface area contributed by atoms with Crippen LogP contribution in [0.1, 0.15) is 68.2 Å². The normalized spacial score (nSPS) is 29.6. The second kappa shape index (κ2) is 7.16. The number of hydrogen-bond donors (Lipinski definition) is 0. The SMILES string of the molecule is CC1(C)c2cc3c(cc2-c2c(-c4nc5ccccc5o4)cccc21)C1(c2ccccc2-3)C2CC3CC(C2)CC1C3. The van der Waals surface area contributed by atoms with Gasteiger partial charge in [0, 0.05) is 16.4 Å². The van der Waals surface area contributed by atoms with Gasteiger partial charge in [-0.15, -0.1) is 0 Å². The summed E-state index contributed by atoms with van der Waals surface area (Å²) in [6.45, 7) is 4.80. The number of para-hydroxylation sites is 2. The summed E-state index contributed by atoms with van der Waals surface area (Å²) < 4.78 is 6.38. The maximum absolute atomic E-state index is 6.38. The molecule has 0 N–H and O–H groups in total.